The van der Waals surface area contributed by atoms with Crippen LogP contribution in [0.25, 0.3) is 0 Å². The number of nitrogens with zero attached hydrogens (tertiary/aromatic N) is 6. The Hall–Kier alpha value is -2.90. The molecule has 0 aliphatic carbocycles. The fourth-order valence-electron chi connectivity index (χ4n) is 4.11. The minimum absolute atomic E-state index is 0.660. The van der Waals surface area contributed by atoms with Crippen LogP contribution in [0.2, 0.25) is 0 Å². The van der Waals surface area contributed by atoms with E-state index in [0.717, 1.165) is 56.2 Å². The van der Waals surface area contributed by atoms with Gasteiger partial charge in [-0.05, 0) is 13.0 Å². The summed E-state index contributed by atoms with van der Waals surface area (Å²) in [6.45, 7) is 11.3. The van der Waals surface area contributed by atoms with Gasteiger partial charge in [0.2, 0.25) is 0 Å². The predicted octanol–water partition coefficient (Wildman–Crippen LogP) is 2.51. The third-order valence-corrected chi connectivity index (χ3v) is 5.81. The van der Waals surface area contributed by atoms with Gasteiger partial charge in [0.15, 0.2) is 0 Å². The van der Waals surface area contributed by atoms with Gasteiger partial charge in [-0.2, -0.15) is 5.10 Å². The second kappa shape index (κ2) is 8.85. The molecule has 1 N–H and O–H groups in total. The van der Waals surface area contributed by atoms with Crippen LogP contribution in [0.5, 0.6) is 0 Å². The van der Waals surface area contributed by atoms with Gasteiger partial charge in [0.25, 0.3) is 0 Å². The molecule has 1 aromatic carbocycles. The maximum Gasteiger partial charge on any atom is 0.142 e. The van der Waals surface area contributed by atoms with Crippen LogP contribution in [0.3, 0.4) is 0 Å². The zero-order chi connectivity index (χ0) is 21.1. The van der Waals surface area contributed by atoms with E-state index in [1.165, 1.54) is 5.56 Å². The average Bonchev–Trinajstić information content (AvgIpc) is 3.33. The largest absolute Gasteiger partial charge is 0.380 e. The third-order valence-electron chi connectivity index (χ3n) is 5.81. The van der Waals surface area contributed by atoms with Crippen molar-refractivity contribution in [1.82, 2.24) is 24.2 Å². The van der Waals surface area contributed by atoms with Crippen LogP contribution >= 0.6 is 0 Å². The number of anilines is 1. The molecule has 3 heterocycles. The van der Waals surface area contributed by atoms with Crippen molar-refractivity contribution in [3.05, 3.63) is 78.2 Å². The molecule has 158 valence electrons. The number of aromatic nitrogens is 4. The topological polar surface area (TPSA) is 62.4 Å². The van der Waals surface area contributed by atoms with Gasteiger partial charge in [-0.1, -0.05) is 24.3 Å². The zero-order valence-corrected chi connectivity index (χ0v) is 17.8. The summed E-state index contributed by atoms with van der Waals surface area (Å²) < 4.78 is 3.82. The van der Waals surface area contributed by atoms with Crippen molar-refractivity contribution in [3.63, 3.8) is 0 Å². The van der Waals surface area contributed by atoms with E-state index < -0.39 is 6.10 Å². The number of aliphatic hydroxyl groups is 1. The van der Waals surface area contributed by atoms with E-state index in [0.29, 0.717) is 5.82 Å². The van der Waals surface area contributed by atoms with Gasteiger partial charge in [0.05, 0.1) is 12.2 Å². The van der Waals surface area contributed by atoms with E-state index in [1.54, 1.807) is 6.20 Å². The van der Waals surface area contributed by atoms with Crippen molar-refractivity contribution in [1.29, 1.82) is 0 Å². The van der Waals surface area contributed by atoms with E-state index in [9.17, 15) is 5.11 Å². The first-order valence-electron chi connectivity index (χ1n) is 10.4. The number of allylic oxidation sites excluding steroid dienone is 1. The second-order valence-electron chi connectivity index (χ2n) is 7.87. The molecule has 0 saturated carbocycles. The summed E-state index contributed by atoms with van der Waals surface area (Å²) in [6.07, 6.45) is 6.84. The monoisotopic (exact) mass is 406 g/mol. The number of rotatable bonds is 7. The van der Waals surface area contributed by atoms with Crippen LogP contribution in [0.4, 0.5) is 5.69 Å². The molecule has 7 heteroatoms. The Morgan fingerprint density at radius 1 is 1.20 bits per heavy atom. The van der Waals surface area contributed by atoms with Crippen LogP contribution < -0.4 is 4.90 Å². The highest BCUT2D eigenvalue weighted by atomic mass is 16.3. The lowest BCUT2D eigenvalue weighted by Crippen LogP contribution is -2.46. The molecule has 0 amide bonds. The molecule has 0 radical (unpaired) electrons. The highest BCUT2D eigenvalue weighted by Gasteiger charge is 2.24. The molecule has 30 heavy (non-hydrogen) atoms. The van der Waals surface area contributed by atoms with Crippen LogP contribution in [-0.2, 0) is 20.1 Å². The van der Waals surface area contributed by atoms with Gasteiger partial charge >= 0.3 is 0 Å². The zero-order valence-electron chi connectivity index (χ0n) is 17.8. The summed E-state index contributed by atoms with van der Waals surface area (Å²) in [5.74, 6) is 0.660. The van der Waals surface area contributed by atoms with Crippen molar-refractivity contribution < 1.29 is 5.11 Å². The van der Waals surface area contributed by atoms with E-state index >= 15 is 0 Å². The Labute approximate surface area is 177 Å². The molecule has 0 unspecified atom stereocenters. The summed E-state index contributed by atoms with van der Waals surface area (Å²) in [4.78, 5) is 9.17. The van der Waals surface area contributed by atoms with Crippen molar-refractivity contribution in [2.75, 3.05) is 31.1 Å². The number of aryl methyl sites for hydroxylation is 2. The molecule has 1 fully saturated rings. The molecule has 1 saturated heterocycles. The summed E-state index contributed by atoms with van der Waals surface area (Å²) in [7, 11) is 1.91. The van der Waals surface area contributed by atoms with E-state index in [4.69, 9.17) is 0 Å². The Kier molecular flexibility index (Phi) is 6.01. The number of piperazine rings is 1. The van der Waals surface area contributed by atoms with E-state index in [1.807, 2.05) is 46.8 Å². The van der Waals surface area contributed by atoms with Gasteiger partial charge < -0.3 is 14.6 Å². The Bertz CT molecular complexity index is 999. The lowest BCUT2D eigenvalue weighted by atomic mass is 10.0. The SMILES string of the molecule is C=CCn1cc(CN2CCN(c3ccccc3[C@@H](O)c3nccn3C)CC2)c(C)n1. The molecule has 4 rings (SSSR count). The molecule has 7 nitrogen and oxygen atoms in total. The third kappa shape index (κ3) is 4.17. The number of hydrogen-bond acceptors (Lipinski definition) is 5. The molecule has 2 aromatic heterocycles. The minimum atomic E-state index is -0.738. The summed E-state index contributed by atoms with van der Waals surface area (Å²) in [5.41, 5.74) is 4.35. The molecule has 1 aliphatic heterocycles. The van der Waals surface area contributed by atoms with Gasteiger partial charge in [0, 0.05) is 75.2 Å². The minimum Gasteiger partial charge on any atom is -0.380 e. The Morgan fingerprint density at radius 3 is 2.67 bits per heavy atom. The van der Waals surface area contributed by atoms with Crippen LogP contribution in [0.15, 0.2) is 55.5 Å². The highest BCUT2D eigenvalue weighted by molar-refractivity contribution is 5.56. The quantitative estimate of drug-likeness (QED) is 0.611. The summed E-state index contributed by atoms with van der Waals surface area (Å²) in [5, 5.41) is 15.5. The lowest BCUT2D eigenvalue weighted by Gasteiger charge is -2.37. The van der Waals surface area contributed by atoms with Gasteiger partial charge in [-0.15, -0.1) is 6.58 Å². The number of hydrogen-bond donors (Lipinski definition) is 1. The van der Waals surface area contributed by atoms with Crippen molar-refractivity contribution in [2.24, 2.45) is 7.05 Å². The Morgan fingerprint density at radius 2 is 1.97 bits per heavy atom. The normalized spacial score (nSPS) is 16.0. The number of para-hydroxylation sites is 1. The maximum absolute atomic E-state index is 11.0. The van der Waals surface area contributed by atoms with Crippen molar-refractivity contribution in [2.45, 2.75) is 26.1 Å². The average molecular weight is 407 g/mol. The number of imidazole rings is 1. The Balaban J connectivity index is 1.44. The molecule has 1 aliphatic rings. The van der Waals surface area contributed by atoms with Crippen LogP contribution in [-0.4, -0.2) is 55.5 Å². The number of aliphatic hydroxyl groups excluding tert-OH is 1. The standard InChI is InChI=1S/C23H30N6O/c1-4-10-29-17-19(18(2)25-29)16-27-12-14-28(15-13-27)21-8-6-5-7-20(21)22(30)23-24-9-11-26(23)3/h4-9,11,17,22,30H,1,10,12-16H2,2-3H3/t22-/m1/s1. The van der Waals surface area contributed by atoms with Gasteiger partial charge in [-0.25, -0.2) is 4.98 Å². The molecule has 0 spiro atoms. The molecular formula is C23H30N6O. The number of benzene rings is 1. The fourth-order valence-corrected chi connectivity index (χ4v) is 4.11. The molecule has 1 atom stereocenters. The molecular weight excluding hydrogens is 376 g/mol. The van der Waals surface area contributed by atoms with Gasteiger partial charge in [0.1, 0.15) is 11.9 Å². The summed E-state index contributed by atoms with van der Waals surface area (Å²) in [6, 6.07) is 8.11. The van der Waals surface area contributed by atoms with Crippen molar-refractivity contribution in [3.8, 4) is 0 Å². The van der Waals surface area contributed by atoms with Crippen LogP contribution in [0.1, 0.15) is 28.7 Å². The van der Waals surface area contributed by atoms with E-state index in [-0.39, 0.29) is 0 Å². The van der Waals surface area contributed by atoms with E-state index in [2.05, 4.69) is 45.6 Å². The second-order valence-corrected chi connectivity index (χ2v) is 7.87. The molecule has 3 aromatic rings. The predicted molar refractivity (Wildman–Crippen MR) is 118 cm³/mol. The highest BCUT2D eigenvalue weighted by Crippen LogP contribution is 2.30. The first-order valence-corrected chi connectivity index (χ1v) is 10.4. The first-order chi connectivity index (χ1) is 14.6. The smallest absolute Gasteiger partial charge is 0.142 e. The van der Waals surface area contributed by atoms with Gasteiger partial charge in [-0.3, -0.25) is 9.58 Å². The fraction of sp³-hybridized carbons (Fsp3) is 0.391. The lowest BCUT2D eigenvalue weighted by molar-refractivity contribution is 0.205. The maximum atomic E-state index is 11.0. The summed E-state index contributed by atoms with van der Waals surface area (Å²) >= 11 is 0. The van der Waals surface area contributed by atoms with Crippen LogP contribution in [0, 0.1) is 6.92 Å². The van der Waals surface area contributed by atoms with Crippen molar-refractivity contribution >= 4 is 5.69 Å². The molecule has 0 bridgehead atoms. The first kappa shape index (κ1) is 20.4.